The highest BCUT2D eigenvalue weighted by Crippen LogP contribution is 2.29. The molecule has 0 saturated heterocycles. The third-order valence-corrected chi connectivity index (χ3v) is 6.00. The Morgan fingerprint density at radius 1 is 1.16 bits per heavy atom. The molecule has 0 radical (unpaired) electrons. The molecule has 25 heavy (non-hydrogen) atoms. The Hall–Kier alpha value is -1.63. The minimum absolute atomic E-state index is 0.0182. The molecule has 2 aromatic carbocycles. The zero-order valence-corrected chi connectivity index (χ0v) is 17.1. The Morgan fingerprint density at radius 3 is 2.52 bits per heavy atom. The maximum absolute atomic E-state index is 12.2. The standard InChI is InChI=1S/C19H17BrN2OS2/c1-12-7-13(2)9-16(8-12)21-18(23)11-25-19-22-17(10-24-19)14-3-5-15(20)6-4-14/h3-10H,11H2,1-2H3,(H,21,23). The Labute approximate surface area is 164 Å². The lowest BCUT2D eigenvalue weighted by atomic mass is 10.1. The number of carbonyl (C=O) groups excluding carboxylic acids is 1. The first kappa shape index (κ1) is 18.2. The molecular weight excluding hydrogens is 416 g/mol. The minimum atomic E-state index is -0.0182. The van der Waals surface area contributed by atoms with Gasteiger partial charge in [0.25, 0.3) is 0 Å². The van der Waals surface area contributed by atoms with Gasteiger partial charge in [0.15, 0.2) is 4.34 Å². The van der Waals surface area contributed by atoms with Crippen LogP contribution in [0.4, 0.5) is 5.69 Å². The van der Waals surface area contributed by atoms with E-state index in [0.29, 0.717) is 5.75 Å². The van der Waals surface area contributed by atoms with Gasteiger partial charge in [0, 0.05) is 21.1 Å². The molecule has 0 saturated carbocycles. The van der Waals surface area contributed by atoms with Gasteiger partial charge in [-0.3, -0.25) is 4.79 Å². The van der Waals surface area contributed by atoms with Crippen molar-refractivity contribution in [2.45, 2.75) is 18.2 Å². The predicted octanol–water partition coefficient (Wildman–Crippen LogP) is 5.92. The third-order valence-electron chi connectivity index (χ3n) is 3.46. The Morgan fingerprint density at radius 2 is 1.84 bits per heavy atom. The number of amides is 1. The van der Waals surface area contributed by atoms with Gasteiger partial charge in [-0.2, -0.15) is 0 Å². The second kappa shape index (κ2) is 8.17. The molecule has 3 aromatic rings. The Balaban J connectivity index is 1.58. The van der Waals surface area contributed by atoms with Crippen LogP contribution in [0.5, 0.6) is 0 Å². The Kier molecular flexibility index (Phi) is 5.93. The summed E-state index contributed by atoms with van der Waals surface area (Å²) in [5, 5.41) is 4.97. The molecule has 0 spiro atoms. The molecule has 0 bridgehead atoms. The molecular formula is C19H17BrN2OS2. The van der Waals surface area contributed by atoms with Crippen LogP contribution in [0, 0.1) is 13.8 Å². The molecule has 0 fully saturated rings. The minimum Gasteiger partial charge on any atom is -0.325 e. The number of aromatic nitrogens is 1. The third kappa shape index (κ3) is 5.17. The van der Waals surface area contributed by atoms with Gasteiger partial charge < -0.3 is 5.32 Å². The molecule has 128 valence electrons. The summed E-state index contributed by atoms with van der Waals surface area (Å²) in [6.45, 7) is 4.05. The predicted molar refractivity (Wildman–Crippen MR) is 111 cm³/mol. The topological polar surface area (TPSA) is 42.0 Å². The fourth-order valence-electron chi connectivity index (χ4n) is 2.45. The van der Waals surface area contributed by atoms with E-state index in [4.69, 9.17) is 0 Å². The van der Waals surface area contributed by atoms with Crippen molar-refractivity contribution < 1.29 is 4.79 Å². The average Bonchev–Trinajstić information content (AvgIpc) is 3.01. The SMILES string of the molecule is Cc1cc(C)cc(NC(=O)CSc2nc(-c3ccc(Br)cc3)cs2)c1. The normalized spacial score (nSPS) is 10.7. The smallest absolute Gasteiger partial charge is 0.234 e. The van der Waals surface area contributed by atoms with E-state index in [2.05, 4.69) is 32.3 Å². The number of rotatable bonds is 5. The van der Waals surface area contributed by atoms with Crippen molar-refractivity contribution in [1.29, 1.82) is 0 Å². The molecule has 1 aromatic heterocycles. The zero-order chi connectivity index (χ0) is 17.8. The number of benzene rings is 2. The number of carbonyl (C=O) groups is 1. The van der Waals surface area contributed by atoms with E-state index in [1.54, 1.807) is 11.3 Å². The van der Waals surface area contributed by atoms with Gasteiger partial charge in [0.2, 0.25) is 5.91 Å². The largest absolute Gasteiger partial charge is 0.325 e. The lowest BCUT2D eigenvalue weighted by molar-refractivity contribution is -0.113. The highest BCUT2D eigenvalue weighted by Gasteiger charge is 2.09. The molecule has 3 nitrogen and oxygen atoms in total. The fourth-order valence-corrected chi connectivity index (χ4v) is 4.35. The highest BCUT2D eigenvalue weighted by atomic mass is 79.9. The summed E-state index contributed by atoms with van der Waals surface area (Å²) in [5.74, 6) is 0.329. The van der Waals surface area contributed by atoms with Gasteiger partial charge in [0.05, 0.1) is 11.4 Å². The molecule has 0 atom stereocenters. The molecule has 1 N–H and O–H groups in total. The maximum atomic E-state index is 12.2. The van der Waals surface area contributed by atoms with Crippen molar-refractivity contribution in [3.8, 4) is 11.3 Å². The quantitative estimate of drug-likeness (QED) is 0.508. The summed E-state index contributed by atoms with van der Waals surface area (Å²) in [4.78, 5) is 16.8. The number of anilines is 1. The van der Waals surface area contributed by atoms with Crippen LogP contribution in [0.3, 0.4) is 0 Å². The van der Waals surface area contributed by atoms with E-state index in [1.807, 2.05) is 55.6 Å². The summed E-state index contributed by atoms with van der Waals surface area (Å²) in [5.41, 5.74) is 5.14. The average molecular weight is 433 g/mol. The number of thioether (sulfide) groups is 1. The van der Waals surface area contributed by atoms with Crippen LogP contribution in [0.25, 0.3) is 11.3 Å². The van der Waals surface area contributed by atoms with Crippen LogP contribution in [0.1, 0.15) is 11.1 Å². The lowest BCUT2D eigenvalue weighted by Crippen LogP contribution is -2.14. The van der Waals surface area contributed by atoms with E-state index >= 15 is 0 Å². The van der Waals surface area contributed by atoms with Crippen LogP contribution < -0.4 is 5.32 Å². The van der Waals surface area contributed by atoms with Crippen molar-refractivity contribution in [3.63, 3.8) is 0 Å². The first-order chi connectivity index (χ1) is 12.0. The van der Waals surface area contributed by atoms with E-state index in [9.17, 15) is 4.79 Å². The summed E-state index contributed by atoms with van der Waals surface area (Å²) >= 11 is 6.46. The van der Waals surface area contributed by atoms with Gasteiger partial charge in [0.1, 0.15) is 0 Å². The number of hydrogen-bond donors (Lipinski definition) is 1. The first-order valence-corrected chi connectivity index (χ1v) is 10.4. The zero-order valence-electron chi connectivity index (χ0n) is 13.9. The van der Waals surface area contributed by atoms with E-state index in [0.717, 1.165) is 36.9 Å². The van der Waals surface area contributed by atoms with E-state index in [-0.39, 0.29) is 5.91 Å². The van der Waals surface area contributed by atoms with Crippen LogP contribution in [-0.4, -0.2) is 16.6 Å². The van der Waals surface area contributed by atoms with Crippen molar-refractivity contribution in [2.75, 3.05) is 11.1 Å². The van der Waals surface area contributed by atoms with Gasteiger partial charge >= 0.3 is 0 Å². The summed E-state index contributed by atoms with van der Waals surface area (Å²) in [7, 11) is 0. The second-order valence-corrected chi connectivity index (χ2v) is 8.72. The van der Waals surface area contributed by atoms with Crippen LogP contribution in [0.15, 0.2) is 56.7 Å². The van der Waals surface area contributed by atoms with Crippen molar-refractivity contribution in [2.24, 2.45) is 0 Å². The fraction of sp³-hybridized carbons (Fsp3) is 0.158. The number of aryl methyl sites for hydroxylation is 2. The molecule has 0 aliphatic rings. The Bertz CT molecular complexity index is 870. The number of nitrogens with one attached hydrogen (secondary N) is 1. The summed E-state index contributed by atoms with van der Waals surface area (Å²) in [6, 6.07) is 14.1. The second-order valence-electron chi connectivity index (χ2n) is 5.72. The van der Waals surface area contributed by atoms with Gasteiger partial charge in [-0.15, -0.1) is 11.3 Å². The monoisotopic (exact) mass is 432 g/mol. The van der Waals surface area contributed by atoms with E-state index < -0.39 is 0 Å². The van der Waals surface area contributed by atoms with Crippen LogP contribution >= 0.6 is 39.0 Å². The first-order valence-electron chi connectivity index (χ1n) is 7.72. The number of nitrogens with zero attached hydrogens (tertiary/aromatic N) is 1. The molecule has 1 amide bonds. The maximum Gasteiger partial charge on any atom is 0.234 e. The van der Waals surface area contributed by atoms with Crippen LogP contribution in [0.2, 0.25) is 0 Å². The molecule has 3 rings (SSSR count). The van der Waals surface area contributed by atoms with Gasteiger partial charge in [-0.25, -0.2) is 4.98 Å². The summed E-state index contributed by atoms with van der Waals surface area (Å²) < 4.78 is 1.94. The number of halogens is 1. The van der Waals surface area contributed by atoms with Crippen LogP contribution in [-0.2, 0) is 4.79 Å². The molecule has 0 aliphatic heterocycles. The molecule has 1 heterocycles. The van der Waals surface area contributed by atoms with Gasteiger partial charge in [-0.05, 0) is 49.2 Å². The highest BCUT2D eigenvalue weighted by molar-refractivity contribution is 9.10. The van der Waals surface area contributed by atoms with Crippen molar-refractivity contribution in [3.05, 3.63) is 63.4 Å². The van der Waals surface area contributed by atoms with E-state index in [1.165, 1.54) is 11.8 Å². The number of hydrogen-bond acceptors (Lipinski definition) is 4. The summed E-state index contributed by atoms with van der Waals surface area (Å²) in [6.07, 6.45) is 0. The molecule has 6 heteroatoms. The van der Waals surface area contributed by atoms with Crippen molar-refractivity contribution >= 4 is 50.6 Å². The van der Waals surface area contributed by atoms with Gasteiger partial charge in [-0.1, -0.05) is 45.9 Å². The van der Waals surface area contributed by atoms with Crippen molar-refractivity contribution in [1.82, 2.24) is 4.98 Å². The lowest BCUT2D eigenvalue weighted by Gasteiger charge is -2.06. The molecule has 0 aliphatic carbocycles. The number of thiazole rings is 1. The molecule has 0 unspecified atom stereocenters.